The molecule has 0 saturated carbocycles. The van der Waals surface area contributed by atoms with Crippen molar-refractivity contribution in [1.82, 2.24) is 5.32 Å². The van der Waals surface area contributed by atoms with Gasteiger partial charge in [-0.25, -0.2) is 0 Å². The van der Waals surface area contributed by atoms with E-state index < -0.39 is 0 Å². The highest BCUT2D eigenvalue weighted by Crippen LogP contribution is 2.41. The van der Waals surface area contributed by atoms with E-state index in [0.29, 0.717) is 6.04 Å². The van der Waals surface area contributed by atoms with Gasteiger partial charge in [-0.2, -0.15) is 0 Å². The minimum Gasteiger partial charge on any atom is -0.490 e. The van der Waals surface area contributed by atoms with Crippen molar-refractivity contribution in [2.24, 2.45) is 0 Å². The predicted octanol–water partition coefficient (Wildman–Crippen LogP) is 2.91. The molecular weight excluding hydrogens is 214 g/mol. The fraction of sp³-hybridized carbons (Fsp3) is 0.571. The van der Waals surface area contributed by atoms with Gasteiger partial charge in [0.05, 0.1) is 12.7 Å². The second-order valence-corrected chi connectivity index (χ2v) is 4.53. The van der Waals surface area contributed by atoms with Crippen LogP contribution < -0.4 is 14.8 Å². The lowest BCUT2D eigenvalue weighted by Gasteiger charge is -2.31. The van der Waals surface area contributed by atoms with Gasteiger partial charge in [0.25, 0.3) is 0 Å². The van der Waals surface area contributed by atoms with Crippen LogP contribution in [0.5, 0.6) is 11.5 Å². The summed E-state index contributed by atoms with van der Waals surface area (Å²) < 4.78 is 11.7. The quantitative estimate of drug-likeness (QED) is 0.870. The molecule has 2 rings (SSSR count). The Balaban J connectivity index is 2.31. The summed E-state index contributed by atoms with van der Waals surface area (Å²) in [5.74, 6) is 1.79. The van der Waals surface area contributed by atoms with E-state index in [4.69, 9.17) is 9.47 Å². The Morgan fingerprint density at radius 3 is 3.00 bits per heavy atom. The highest BCUT2D eigenvalue weighted by Gasteiger charge is 2.27. The van der Waals surface area contributed by atoms with Gasteiger partial charge in [0.2, 0.25) is 0 Å². The van der Waals surface area contributed by atoms with E-state index in [1.165, 1.54) is 5.56 Å². The second-order valence-electron chi connectivity index (χ2n) is 4.53. The maximum Gasteiger partial charge on any atom is 0.166 e. The Morgan fingerprint density at radius 1 is 1.47 bits per heavy atom. The Kier molecular flexibility index (Phi) is 3.89. The van der Waals surface area contributed by atoms with Crippen molar-refractivity contribution in [1.29, 1.82) is 0 Å². The van der Waals surface area contributed by atoms with Gasteiger partial charge in [0, 0.05) is 18.0 Å². The van der Waals surface area contributed by atoms with Crippen LogP contribution in [0.1, 0.15) is 38.3 Å². The maximum absolute atomic E-state index is 5.93. The first-order chi connectivity index (χ1) is 8.26. The molecule has 1 N–H and O–H groups in total. The highest BCUT2D eigenvalue weighted by atomic mass is 16.5. The molecule has 0 fully saturated rings. The molecule has 3 heteroatoms. The van der Waals surface area contributed by atoms with Gasteiger partial charge in [-0.05, 0) is 26.5 Å². The molecule has 17 heavy (non-hydrogen) atoms. The van der Waals surface area contributed by atoms with Crippen LogP contribution in [0.15, 0.2) is 18.2 Å². The molecule has 1 aromatic carbocycles. The summed E-state index contributed by atoms with van der Waals surface area (Å²) in [6.45, 7) is 4.94. The summed E-state index contributed by atoms with van der Waals surface area (Å²) in [7, 11) is 1.99. The number of ether oxygens (including phenoxy) is 2. The Bertz CT molecular complexity index is 378. The molecule has 0 saturated heterocycles. The van der Waals surface area contributed by atoms with Crippen LogP contribution in [0.25, 0.3) is 0 Å². The standard InChI is InChI=1S/C14H21NO2/c1-4-8-16-13-7-5-6-11-12(15-3)9-10(2)17-14(11)13/h5-7,10,12,15H,4,8-9H2,1-3H3. The lowest BCUT2D eigenvalue weighted by molar-refractivity contribution is 0.158. The van der Waals surface area contributed by atoms with Crippen LogP contribution in [0, 0.1) is 0 Å². The first kappa shape index (κ1) is 12.2. The van der Waals surface area contributed by atoms with Crippen molar-refractivity contribution in [3.05, 3.63) is 23.8 Å². The number of hydrogen-bond donors (Lipinski definition) is 1. The molecule has 0 amide bonds. The molecular formula is C14H21NO2. The monoisotopic (exact) mass is 235 g/mol. The Hall–Kier alpha value is -1.22. The smallest absolute Gasteiger partial charge is 0.166 e. The molecule has 3 nitrogen and oxygen atoms in total. The molecule has 1 aliphatic heterocycles. The van der Waals surface area contributed by atoms with Gasteiger partial charge in [0.1, 0.15) is 0 Å². The molecule has 0 bridgehead atoms. The predicted molar refractivity (Wildman–Crippen MR) is 68.7 cm³/mol. The van der Waals surface area contributed by atoms with Crippen molar-refractivity contribution >= 4 is 0 Å². The van der Waals surface area contributed by atoms with Crippen molar-refractivity contribution in [2.45, 2.75) is 38.8 Å². The summed E-state index contributed by atoms with van der Waals surface area (Å²) in [6.07, 6.45) is 2.24. The van der Waals surface area contributed by atoms with Crippen LogP contribution in [0.3, 0.4) is 0 Å². The van der Waals surface area contributed by atoms with E-state index in [2.05, 4.69) is 25.2 Å². The number of nitrogens with one attached hydrogen (secondary N) is 1. The zero-order valence-electron chi connectivity index (χ0n) is 10.8. The number of hydrogen-bond acceptors (Lipinski definition) is 3. The number of rotatable bonds is 4. The SMILES string of the molecule is CCCOc1cccc2c1OC(C)CC2NC. The average molecular weight is 235 g/mol. The van der Waals surface area contributed by atoms with Gasteiger partial charge in [-0.3, -0.25) is 0 Å². The third kappa shape index (κ3) is 2.55. The molecule has 1 aromatic rings. The molecule has 2 atom stereocenters. The van der Waals surface area contributed by atoms with Crippen LogP contribution in [-0.2, 0) is 0 Å². The first-order valence-electron chi connectivity index (χ1n) is 6.35. The lowest BCUT2D eigenvalue weighted by atomic mass is 9.97. The number of fused-ring (bicyclic) bond motifs is 1. The molecule has 1 aliphatic rings. The average Bonchev–Trinajstić information content (AvgIpc) is 2.35. The van der Waals surface area contributed by atoms with Crippen LogP contribution in [0.4, 0.5) is 0 Å². The Morgan fingerprint density at radius 2 is 2.29 bits per heavy atom. The van der Waals surface area contributed by atoms with Gasteiger partial charge < -0.3 is 14.8 Å². The zero-order valence-corrected chi connectivity index (χ0v) is 10.8. The van der Waals surface area contributed by atoms with Gasteiger partial charge >= 0.3 is 0 Å². The molecule has 0 spiro atoms. The summed E-state index contributed by atoms with van der Waals surface area (Å²) in [5.41, 5.74) is 1.21. The fourth-order valence-corrected chi connectivity index (χ4v) is 2.24. The lowest BCUT2D eigenvalue weighted by Crippen LogP contribution is -2.29. The Labute approximate surface area is 103 Å². The van der Waals surface area contributed by atoms with Gasteiger partial charge in [0.15, 0.2) is 11.5 Å². The van der Waals surface area contributed by atoms with E-state index in [1.807, 2.05) is 19.2 Å². The third-order valence-corrected chi connectivity index (χ3v) is 3.08. The largest absolute Gasteiger partial charge is 0.490 e. The van der Waals surface area contributed by atoms with Crippen molar-refractivity contribution in [2.75, 3.05) is 13.7 Å². The minimum atomic E-state index is 0.228. The van der Waals surface area contributed by atoms with Gasteiger partial charge in [-0.15, -0.1) is 0 Å². The topological polar surface area (TPSA) is 30.5 Å². The van der Waals surface area contributed by atoms with E-state index in [1.54, 1.807) is 0 Å². The molecule has 0 radical (unpaired) electrons. The number of para-hydroxylation sites is 1. The van der Waals surface area contributed by atoms with Crippen molar-refractivity contribution < 1.29 is 9.47 Å². The number of benzene rings is 1. The zero-order chi connectivity index (χ0) is 12.3. The highest BCUT2D eigenvalue weighted by molar-refractivity contribution is 5.49. The summed E-state index contributed by atoms with van der Waals surface area (Å²) >= 11 is 0. The van der Waals surface area contributed by atoms with Crippen LogP contribution in [0.2, 0.25) is 0 Å². The van der Waals surface area contributed by atoms with E-state index in [9.17, 15) is 0 Å². The van der Waals surface area contributed by atoms with E-state index in [0.717, 1.165) is 30.9 Å². The normalized spacial score (nSPS) is 22.8. The summed E-state index contributed by atoms with van der Waals surface area (Å²) in [4.78, 5) is 0. The van der Waals surface area contributed by atoms with E-state index >= 15 is 0 Å². The van der Waals surface area contributed by atoms with Crippen LogP contribution in [-0.4, -0.2) is 19.8 Å². The van der Waals surface area contributed by atoms with Crippen LogP contribution >= 0.6 is 0 Å². The summed E-state index contributed by atoms with van der Waals surface area (Å²) in [6, 6.07) is 6.49. The van der Waals surface area contributed by atoms with E-state index in [-0.39, 0.29) is 6.10 Å². The fourth-order valence-electron chi connectivity index (χ4n) is 2.24. The second kappa shape index (κ2) is 5.41. The molecule has 94 valence electrons. The molecule has 1 heterocycles. The maximum atomic E-state index is 5.93. The molecule has 0 aliphatic carbocycles. The first-order valence-corrected chi connectivity index (χ1v) is 6.35. The van der Waals surface area contributed by atoms with Gasteiger partial charge in [-0.1, -0.05) is 19.1 Å². The molecule has 0 aromatic heterocycles. The van der Waals surface area contributed by atoms with Crippen molar-refractivity contribution in [3.63, 3.8) is 0 Å². The van der Waals surface area contributed by atoms with Crippen molar-refractivity contribution in [3.8, 4) is 11.5 Å². The third-order valence-electron chi connectivity index (χ3n) is 3.08. The molecule has 2 unspecified atom stereocenters. The minimum absolute atomic E-state index is 0.228. The summed E-state index contributed by atoms with van der Waals surface area (Å²) in [5, 5.41) is 3.34.